The molecular weight excluding hydrogens is 254 g/mol. The average Bonchev–Trinajstić information content (AvgIpc) is 2.65. The molecule has 1 aromatic heterocycles. The Morgan fingerprint density at radius 3 is 2.87 bits per heavy atom. The summed E-state index contributed by atoms with van der Waals surface area (Å²) in [5, 5.41) is 3.30. The summed E-state index contributed by atoms with van der Waals surface area (Å²) in [7, 11) is 0. The van der Waals surface area contributed by atoms with E-state index in [0.29, 0.717) is 6.54 Å². The third-order valence-corrected chi connectivity index (χ3v) is 2.55. The Morgan fingerprint density at radius 1 is 1.33 bits per heavy atom. The molecule has 3 heteroatoms. The van der Waals surface area contributed by atoms with Crippen molar-refractivity contribution in [3.05, 3.63) is 52.4 Å². The zero-order chi connectivity index (χ0) is 10.7. The molecule has 0 aliphatic carbocycles. The SMILES string of the molecule is Cc1cc(Br)cc(NCc2ccco2)c1. The van der Waals surface area contributed by atoms with Gasteiger partial charge in [-0.25, -0.2) is 0 Å². The Morgan fingerprint density at radius 2 is 2.20 bits per heavy atom. The minimum absolute atomic E-state index is 0.711. The molecule has 2 aromatic rings. The summed E-state index contributed by atoms with van der Waals surface area (Å²) < 4.78 is 6.33. The molecule has 0 aliphatic heterocycles. The number of rotatable bonds is 3. The molecular formula is C12H12BrNO. The minimum atomic E-state index is 0.711. The second-order valence-electron chi connectivity index (χ2n) is 3.45. The average molecular weight is 266 g/mol. The Bertz CT molecular complexity index is 417. The molecule has 0 unspecified atom stereocenters. The maximum Gasteiger partial charge on any atom is 0.122 e. The third kappa shape index (κ3) is 2.86. The number of nitrogens with one attached hydrogen (secondary N) is 1. The minimum Gasteiger partial charge on any atom is -0.467 e. The molecule has 1 aromatic carbocycles. The van der Waals surface area contributed by atoms with Gasteiger partial charge >= 0.3 is 0 Å². The summed E-state index contributed by atoms with van der Waals surface area (Å²) >= 11 is 3.47. The Hall–Kier alpha value is -1.22. The molecule has 0 fully saturated rings. The van der Waals surface area contributed by atoms with Crippen LogP contribution in [0.1, 0.15) is 11.3 Å². The predicted octanol–water partition coefficient (Wildman–Crippen LogP) is 3.96. The standard InChI is InChI=1S/C12H12BrNO/c1-9-5-10(13)7-11(6-9)14-8-12-3-2-4-15-12/h2-7,14H,8H2,1H3. The van der Waals surface area contributed by atoms with Crippen LogP contribution in [0.2, 0.25) is 0 Å². The van der Waals surface area contributed by atoms with Crippen molar-refractivity contribution in [2.45, 2.75) is 13.5 Å². The van der Waals surface area contributed by atoms with Crippen molar-refractivity contribution in [3.8, 4) is 0 Å². The van der Waals surface area contributed by atoms with Crippen LogP contribution in [0.25, 0.3) is 0 Å². The molecule has 0 atom stereocenters. The third-order valence-electron chi connectivity index (χ3n) is 2.09. The second-order valence-corrected chi connectivity index (χ2v) is 4.37. The highest BCUT2D eigenvalue weighted by molar-refractivity contribution is 9.10. The van der Waals surface area contributed by atoms with Gasteiger partial charge in [0.15, 0.2) is 0 Å². The molecule has 78 valence electrons. The number of hydrogen-bond donors (Lipinski definition) is 1. The van der Waals surface area contributed by atoms with E-state index in [1.807, 2.05) is 12.1 Å². The van der Waals surface area contributed by atoms with Gasteiger partial charge in [-0.3, -0.25) is 0 Å². The molecule has 1 N–H and O–H groups in total. The van der Waals surface area contributed by atoms with Crippen molar-refractivity contribution in [1.29, 1.82) is 0 Å². The van der Waals surface area contributed by atoms with Crippen molar-refractivity contribution < 1.29 is 4.42 Å². The topological polar surface area (TPSA) is 25.2 Å². The number of benzene rings is 1. The molecule has 0 aliphatic rings. The molecule has 0 bridgehead atoms. The van der Waals surface area contributed by atoms with Gasteiger partial charge in [0.1, 0.15) is 5.76 Å². The van der Waals surface area contributed by atoms with Crippen LogP contribution in [0, 0.1) is 6.92 Å². The van der Waals surface area contributed by atoms with E-state index in [0.717, 1.165) is 15.9 Å². The molecule has 15 heavy (non-hydrogen) atoms. The number of anilines is 1. The van der Waals surface area contributed by atoms with E-state index >= 15 is 0 Å². The number of furan rings is 1. The van der Waals surface area contributed by atoms with Crippen LogP contribution in [0.5, 0.6) is 0 Å². The summed E-state index contributed by atoms with van der Waals surface area (Å²) in [5.74, 6) is 0.938. The Balaban J connectivity index is 2.05. The molecule has 2 rings (SSSR count). The maximum atomic E-state index is 5.24. The Kier molecular flexibility index (Phi) is 3.11. The predicted molar refractivity (Wildman–Crippen MR) is 64.9 cm³/mol. The van der Waals surface area contributed by atoms with Gasteiger partial charge in [0.2, 0.25) is 0 Å². The van der Waals surface area contributed by atoms with Gasteiger partial charge in [-0.1, -0.05) is 15.9 Å². The number of hydrogen-bond acceptors (Lipinski definition) is 2. The van der Waals surface area contributed by atoms with Crippen LogP contribution in [-0.4, -0.2) is 0 Å². The van der Waals surface area contributed by atoms with Gasteiger partial charge in [-0.2, -0.15) is 0 Å². The van der Waals surface area contributed by atoms with Crippen molar-refractivity contribution in [3.63, 3.8) is 0 Å². The first kappa shape index (κ1) is 10.3. The smallest absolute Gasteiger partial charge is 0.122 e. The van der Waals surface area contributed by atoms with E-state index < -0.39 is 0 Å². The monoisotopic (exact) mass is 265 g/mol. The first-order valence-corrected chi connectivity index (χ1v) is 5.57. The lowest BCUT2D eigenvalue weighted by Crippen LogP contribution is -1.98. The van der Waals surface area contributed by atoms with E-state index in [1.54, 1.807) is 6.26 Å². The molecule has 0 spiro atoms. The highest BCUT2D eigenvalue weighted by atomic mass is 79.9. The fourth-order valence-corrected chi connectivity index (χ4v) is 2.05. The normalized spacial score (nSPS) is 10.3. The lowest BCUT2D eigenvalue weighted by atomic mass is 10.2. The summed E-state index contributed by atoms with van der Waals surface area (Å²) in [4.78, 5) is 0. The van der Waals surface area contributed by atoms with E-state index in [4.69, 9.17) is 4.42 Å². The maximum absolute atomic E-state index is 5.24. The van der Waals surface area contributed by atoms with Crippen LogP contribution in [0.15, 0.2) is 45.5 Å². The lowest BCUT2D eigenvalue weighted by Gasteiger charge is -2.06. The van der Waals surface area contributed by atoms with Gasteiger partial charge in [0.05, 0.1) is 12.8 Å². The molecule has 0 radical (unpaired) electrons. The van der Waals surface area contributed by atoms with E-state index in [2.05, 4.69) is 46.4 Å². The quantitative estimate of drug-likeness (QED) is 0.909. The summed E-state index contributed by atoms with van der Waals surface area (Å²) in [6.07, 6.45) is 1.68. The van der Waals surface area contributed by atoms with Crippen molar-refractivity contribution >= 4 is 21.6 Å². The highest BCUT2D eigenvalue weighted by Crippen LogP contribution is 2.19. The van der Waals surface area contributed by atoms with Crippen LogP contribution in [0.4, 0.5) is 5.69 Å². The van der Waals surface area contributed by atoms with Gasteiger partial charge in [0.25, 0.3) is 0 Å². The van der Waals surface area contributed by atoms with Gasteiger partial charge in [-0.05, 0) is 42.8 Å². The number of halogens is 1. The van der Waals surface area contributed by atoms with Crippen molar-refractivity contribution in [2.75, 3.05) is 5.32 Å². The molecule has 0 amide bonds. The second kappa shape index (κ2) is 4.53. The number of aryl methyl sites for hydroxylation is 1. The summed E-state index contributed by atoms with van der Waals surface area (Å²) in [5.41, 5.74) is 2.32. The van der Waals surface area contributed by atoms with Crippen LogP contribution in [-0.2, 0) is 6.54 Å². The summed E-state index contributed by atoms with van der Waals surface area (Å²) in [6, 6.07) is 10.1. The zero-order valence-electron chi connectivity index (χ0n) is 8.46. The fraction of sp³-hybridized carbons (Fsp3) is 0.167. The van der Waals surface area contributed by atoms with Gasteiger partial charge in [-0.15, -0.1) is 0 Å². The highest BCUT2D eigenvalue weighted by Gasteiger charge is 1.98. The fourth-order valence-electron chi connectivity index (χ4n) is 1.44. The first-order chi connectivity index (χ1) is 7.24. The van der Waals surface area contributed by atoms with Crippen LogP contribution in [0.3, 0.4) is 0 Å². The van der Waals surface area contributed by atoms with Crippen molar-refractivity contribution in [2.24, 2.45) is 0 Å². The Labute approximate surface area is 97.4 Å². The first-order valence-electron chi connectivity index (χ1n) is 4.77. The van der Waals surface area contributed by atoms with E-state index in [9.17, 15) is 0 Å². The molecule has 0 saturated heterocycles. The van der Waals surface area contributed by atoms with Crippen molar-refractivity contribution in [1.82, 2.24) is 0 Å². The van der Waals surface area contributed by atoms with Gasteiger partial charge in [0, 0.05) is 10.2 Å². The zero-order valence-corrected chi connectivity index (χ0v) is 10.0. The molecule has 2 nitrogen and oxygen atoms in total. The summed E-state index contributed by atoms with van der Waals surface area (Å²) in [6.45, 7) is 2.78. The van der Waals surface area contributed by atoms with Crippen LogP contribution >= 0.6 is 15.9 Å². The van der Waals surface area contributed by atoms with E-state index in [-0.39, 0.29) is 0 Å². The van der Waals surface area contributed by atoms with Crippen LogP contribution < -0.4 is 5.32 Å². The molecule has 0 saturated carbocycles. The largest absolute Gasteiger partial charge is 0.467 e. The van der Waals surface area contributed by atoms with E-state index in [1.165, 1.54) is 5.56 Å². The molecule has 1 heterocycles. The lowest BCUT2D eigenvalue weighted by molar-refractivity contribution is 0.518. The van der Waals surface area contributed by atoms with Gasteiger partial charge < -0.3 is 9.73 Å².